The summed E-state index contributed by atoms with van der Waals surface area (Å²) < 4.78 is 68.6. The summed E-state index contributed by atoms with van der Waals surface area (Å²) in [7, 11) is -9.92. The molecule has 0 radical (unpaired) electrons. The molecular weight excluding hydrogens is 1270 g/mol. The number of carbonyl (C=O) groups is 4. The molecule has 19 heteroatoms. The smallest absolute Gasteiger partial charge is 0.462 e. The zero-order valence-corrected chi connectivity index (χ0v) is 65.5. The van der Waals surface area contributed by atoms with E-state index in [0.29, 0.717) is 31.6 Å². The number of phosphoric acid groups is 2. The van der Waals surface area contributed by atoms with Crippen molar-refractivity contribution in [1.29, 1.82) is 0 Å². The molecule has 0 amide bonds. The van der Waals surface area contributed by atoms with Crippen LogP contribution in [-0.4, -0.2) is 96.7 Å². The van der Waals surface area contributed by atoms with Gasteiger partial charge in [0.2, 0.25) is 0 Å². The van der Waals surface area contributed by atoms with Crippen LogP contribution in [0.2, 0.25) is 0 Å². The number of hydrogen-bond acceptors (Lipinski definition) is 15. The number of rotatable bonds is 75. The van der Waals surface area contributed by atoms with Crippen LogP contribution in [-0.2, 0) is 65.4 Å². The van der Waals surface area contributed by atoms with E-state index >= 15 is 0 Å². The quantitative estimate of drug-likeness (QED) is 0.0222. The lowest BCUT2D eigenvalue weighted by Gasteiger charge is -2.21. The summed E-state index contributed by atoms with van der Waals surface area (Å²) in [6, 6.07) is 0. The summed E-state index contributed by atoms with van der Waals surface area (Å²) in [4.78, 5) is 72.9. The number of unbranched alkanes of at least 4 members (excludes halogenated alkanes) is 41. The molecule has 0 aromatic rings. The molecule has 0 saturated heterocycles. The van der Waals surface area contributed by atoms with Gasteiger partial charge in [-0.2, -0.15) is 0 Å². The van der Waals surface area contributed by atoms with Gasteiger partial charge in [-0.15, -0.1) is 0 Å². The highest BCUT2D eigenvalue weighted by atomic mass is 31.2. The van der Waals surface area contributed by atoms with Crippen molar-refractivity contribution in [3.05, 3.63) is 0 Å². The first-order valence-electron chi connectivity index (χ1n) is 40.2. The molecule has 0 heterocycles. The molecule has 0 fully saturated rings. The van der Waals surface area contributed by atoms with E-state index in [9.17, 15) is 43.2 Å². The fraction of sp³-hybridized carbons (Fsp3) is 0.949. The van der Waals surface area contributed by atoms with E-state index in [2.05, 4.69) is 55.4 Å². The van der Waals surface area contributed by atoms with Crippen LogP contribution in [0.15, 0.2) is 0 Å². The fourth-order valence-corrected chi connectivity index (χ4v) is 13.5. The summed E-state index contributed by atoms with van der Waals surface area (Å²) in [5.74, 6) is 0.912. The van der Waals surface area contributed by atoms with Gasteiger partial charge in [-0.3, -0.25) is 37.3 Å². The molecule has 0 bridgehead atoms. The SMILES string of the molecule is CC(C)CCCCCCCCCCCCCCCCCCC(=O)O[C@H](COC(=O)CCCCCCCCC(C)C)COP(=O)(O)OCC(O)COP(=O)(O)OC[C@@H](COC(=O)CCCCCCCCCCCCCCCC(C)C)OC(=O)CCCCCCCCCCCCC(C)C. The van der Waals surface area contributed by atoms with Crippen molar-refractivity contribution < 1.29 is 80.2 Å². The topological polar surface area (TPSA) is 237 Å². The summed E-state index contributed by atoms with van der Waals surface area (Å²) >= 11 is 0. The maximum atomic E-state index is 13.1. The molecule has 0 aromatic heterocycles. The Balaban J connectivity index is 5.20. The van der Waals surface area contributed by atoms with Gasteiger partial charge in [-0.1, -0.05) is 344 Å². The molecule has 0 aliphatic carbocycles. The van der Waals surface area contributed by atoms with Gasteiger partial charge in [0.15, 0.2) is 12.2 Å². The first kappa shape index (κ1) is 95.1. The highest BCUT2D eigenvalue weighted by Gasteiger charge is 2.30. The van der Waals surface area contributed by atoms with Crippen molar-refractivity contribution in [2.24, 2.45) is 23.7 Å². The van der Waals surface area contributed by atoms with Crippen LogP contribution in [0.4, 0.5) is 0 Å². The predicted molar refractivity (Wildman–Crippen MR) is 395 cm³/mol. The van der Waals surface area contributed by atoms with Crippen LogP contribution < -0.4 is 0 Å². The fourth-order valence-electron chi connectivity index (χ4n) is 11.9. The number of esters is 4. The molecule has 0 aliphatic rings. The lowest BCUT2D eigenvalue weighted by molar-refractivity contribution is -0.161. The Hall–Kier alpha value is -1.94. The summed E-state index contributed by atoms with van der Waals surface area (Å²) in [5, 5.41) is 10.6. The number of aliphatic hydroxyl groups is 1. The lowest BCUT2D eigenvalue weighted by Crippen LogP contribution is -2.30. The van der Waals surface area contributed by atoms with Crippen molar-refractivity contribution >= 4 is 39.5 Å². The number of ether oxygens (including phenoxy) is 4. The van der Waals surface area contributed by atoms with Crippen LogP contribution >= 0.6 is 15.6 Å². The molecule has 5 atom stereocenters. The Kier molecular flexibility index (Phi) is 65.9. The number of phosphoric ester groups is 2. The maximum Gasteiger partial charge on any atom is 0.472 e. The zero-order valence-electron chi connectivity index (χ0n) is 63.7. The standard InChI is InChI=1S/C78H152O17P2/c1-68(2)54-46-38-30-24-18-14-11-9-10-12-16-21-28-34-44-52-60-77(82)95-74(65-89-76(81)59-51-43-37-36-41-49-57-71(7)8)67-93-97(86,87)91-63-72(79)62-90-96(84,85)92-66-73(94-78(83)61-53-45-35-29-23-22-26-32-40-48-56-70(5)6)64-88-75(80)58-50-42-33-27-20-17-13-15-19-25-31-39-47-55-69(3)4/h68-74,79H,9-67H2,1-8H3,(H,84,85)(H,86,87)/t72?,73-,74-/m1/s1. The third kappa shape index (κ3) is 72.2. The van der Waals surface area contributed by atoms with Gasteiger partial charge in [-0.25, -0.2) is 9.13 Å². The van der Waals surface area contributed by atoms with Crippen LogP contribution in [0.1, 0.15) is 396 Å². The Morgan fingerprint density at radius 2 is 0.433 bits per heavy atom. The second-order valence-corrected chi connectivity index (χ2v) is 32.9. The Morgan fingerprint density at radius 3 is 0.639 bits per heavy atom. The number of carbonyl (C=O) groups excluding carboxylic acids is 4. The van der Waals surface area contributed by atoms with Crippen LogP contribution in [0.5, 0.6) is 0 Å². The highest BCUT2D eigenvalue weighted by Crippen LogP contribution is 2.45. The third-order valence-electron chi connectivity index (χ3n) is 18.1. The molecule has 0 saturated carbocycles. The molecule has 0 aliphatic heterocycles. The largest absolute Gasteiger partial charge is 0.472 e. The second-order valence-electron chi connectivity index (χ2n) is 30.0. The Morgan fingerprint density at radius 1 is 0.258 bits per heavy atom. The van der Waals surface area contributed by atoms with E-state index < -0.39 is 97.5 Å². The number of aliphatic hydroxyl groups excluding tert-OH is 1. The zero-order chi connectivity index (χ0) is 71.7. The van der Waals surface area contributed by atoms with Gasteiger partial charge < -0.3 is 33.8 Å². The van der Waals surface area contributed by atoms with Crippen molar-refractivity contribution in [2.45, 2.75) is 414 Å². The van der Waals surface area contributed by atoms with Gasteiger partial charge in [0.1, 0.15) is 19.3 Å². The van der Waals surface area contributed by atoms with Crippen molar-refractivity contribution in [3.63, 3.8) is 0 Å². The molecule has 0 rings (SSSR count). The Bertz CT molecular complexity index is 1900. The van der Waals surface area contributed by atoms with Crippen LogP contribution in [0, 0.1) is 23.7 Å². The van der Waals surface area contributed by atoms with E-state index in [0.717, 1.165) is 114 Å². The first-order chi connectivity index (χ1) is 46.6. The first-order valence-corrected chi connectivity index (χ1v) is 43.2. The van der Waals surface area contributed by atoms with Crippen molar-refractivity contribution in [3.8, 4) is 0 Å². The minimum Gasteiger partial charge on any atom is -0.462 e. The maximum absolute atomic E-state index is 13.1. The van der Waals surface area contributed by atoms with Gasteiger partial charge in [0, 0.05) is 25.7 Å². The molecule has 17 nitrogen and oxygen atoms in total. The second kappa shape index (κ2) is 67.2. The van der Waals surface area contributed by atoms with Gasteiger partial charge in [-0.05, 0) is 49.4 Å². The molecule has 3 unspecified atom stereocenters. The van der Waals surface area contributed by atoms with Gasteiger partial charge >= 0.3 is 39.5 Å². The van der Waals surface area contributed by atoms with Gasteiger partial charge in [0.05, 0.1) is 26.4 Å². The molecule has 97 heavy (non-hydrogen) atoms. The molecule has 576 valence electrons. The van der Waals surface area contributed by atoms with Crippen LogP contribution in [0.3, 0.4) is 0 Å². The van der Waals surface area contributed by atoms with Crippen molar-refractivity contribution in [2.75, 3.05) is 39.6 Å². The van der Waals surface area contributed by atoms with Gasteiger partial charge in [0.25, 0.3) is 0 Å². The van der Waals surface area contributed by atoms with Crippen LogP contribution in [0.25, 0.3) is 0 Å². The molecule has 0 aromatic carbocycles. The normalized spacial score (nSPS) is 14.1. The van der Waals surface area contributed by atoms with E-state index in [1.807, 2.05) is 0 Å². The molecule has 3 N–H and O–H groups in total. The summed E-state index contributed by atoms with van der Waals surface area (Å²) in [5.41, 5.74) is 0. The third-order valence-corrected chi connectivity index (χ3v) is 20.0. The van der Waals surface area contributed by atoms with E-state index in [1.54, 1.807) is 0 Å². The molecular formula is C78H152O17P2. The van der Waals surface area contributed by atoms with Crippen molar-refractivity contribution in [1.82, 2.24) is 0 Å². The minimum absolute atomic E-state index is 0.106. The van der Waals surface area contributed by atoms with E-state index in [1.165, 1.54) is 193 Å². The minimum atomic E-state index is -4.96. The predicted octanol–water partition coefficient (Wildman–Crippen LogP) is 22.8. The monoisotopic (exact) mass is 1420 g/mol. The Labute approximate surface area is 594 Å². The lowest BCUT2D eigenvalue weighted by atomic mass is 10.0. The highest BCUT2D eigenvalue weighted by molar-refractivity contribution is 7.47. The average Bonchev–Trinajstić information content (AvgIpc) is 1.06. The summed E-state index contributed by atoms with van der Waals surface area (Å²) in [6.45, 7) is 14.2. The van der Waals surface area contributed by atoms with E-state index in [-0.39, 0.29) is 25.7 Å². The molecule has 0 spiro atoms. The number of hydrogen-bond donors (Lipinski definition) is 3. The average molecular weight is 1420 g/mol. The van der Waals surface area contributed by atoms with E-state index in [4.69, 9.17) is 37.0 Å². The summed E-state index contributed by atoms with van der Waals surface area (Å²) in [6.07, 6.45) is 52.9.